The van der Waals surface area contributed by atoms with Crippen molar-refractivity contribution in [3.05, 3.63) is 107 Å². The predicted octanol–water partition coefficient (Wildman–Crippen LogP) is 2.34. The zero-order valence-electron chi connectivity index (χ0n) is 28.0. The molecule has 8 rings (SSSR count). The van der Waals surface area contributed by atoms with Crippen LogP contribution >= 0.6 is 0 Å². The van der Waals surface area contributed by atoms with Crippen molar-refractivity contribution in [1.82, 2.24) is 15.7 Å². The van der Waals surface area contributed by atoms with Crippen LogP contribution in [0.2, 0.25) is 0 Å². The van der Waals surface area contributed by atoms with Crippen LogP contribution in [0.1, 0.15) is 40.7 Å². The molecule has 12 heteroatoms. The Hall–Kier alpha value is -4.59. The first-order chi connectivity index (χ1) is 24.8. The quantitative estimate of drug-likeness (QED) is 0.220. The van der Waals surface area contributed by atoms with E-state index in [1.807, 2.05) is 60.7 Å². The minimum absolute atomic E-state index is 0.00678. The van der Waals surface area contributed by atoms with Gasteiger partial charge in [-0.1, -0.05) is 78.9 Å². The third-order valence-corrected chi connectivity index (χ3v) is 10.7. The first-order valence-corrected chi connectivity index (χ1v) is 17.5. The Morgan fingerprint density at radius 2 is 1.71 bits per heavy atom. The van der Waals surface area contributed by atoms with E-state index < -0.39 is 53.5 Å². The van der Waals surface area contributed by atoms with Crippen LogP contribution in [0.5, 0.6) is 5.75 Å². The Morgan fingerprint density at radius 1 is 0.941 bits per heavy atom. The molecular weight excluding hydrogens is 654 g/mol. The van der Waals surface area contributed by atoms with Crippen molar-refractivity contribution < 1.29 is 43.6 Å². The van der Waals surface area contributed by atoms with Gasteiger partial charge in [-0.25, -0.2) is 0 Å². The summed E-state index contributed by atoms with van der Waals surface area (Å²) in [7, 11) is 0. The van der Waals surface area contributed by atoms with Crippen LogP contribution in [0.3, 0.4) is 0 Å². The number of carbonyl (C=O) groups is 3. The third-order valence-electron chi connectivity index (χ3n) is 10.7. The molecule has 4 N–H and O–H groups in total. The highest BCUT2D eigenvalue weighted by molar-refractivity contribution is 5.94. The second-order valence-corrected chi connectivity index (χ2v) is 14.0. The maximum atomic E-state index is 14.4. The predicted molar refractivity (Wildman–Crippen MR) is 182 cm³/mol. The van der Waals surface area contributed by atoms with Crippen LogP contribution in [0.4, 0.5) is 0 Å². The molecule has 3 aliphatic heterocycles. The van der Waals surface area contributed by atoms with Gasteiger partial charge in [0, 0.05) is 38.8 Å². The zero-order chi connectivity index (χ0) is 35.2. The van der Waals surface area contributed by atoms with Crippen molar-refractivity contribution in [2.75, 3.05) is 19.7 Å². The molecule has 3 heterocycles. The average molecular weight is 696 g/mol. The number of fused-ring (bicyclic) bond motifs is 5. The second kappa shape index (κ2) is 13.5. The van der Waals surface area contributed by atoms with Crippen LogP contribution in [0.15, 0.2) is 78.9 Å². The molecule has 3 aromatic carbocycles. The van der Waals surface area contributed by atoms with Crippen molar-refractivity contribution in [3.63, 3.8) is 0 Å². The maximum absolute atomic E-state index is 14.4. The highest BCUT2D eigenvalue weighted by Gasteiger charge is 2.76. The lowest BCUT2D eigenvalue weighted by Crippen LogP contribution is -2.69. The highest BCUT2D eigenvalue weighted by Crippen LogP contribution is 2.58. The first-order valence-electron chi connectivity index (χ1n) is 17.5. The topological polar surface area (TPSA) is 156 Å². The number of esters is 1. The summed E-state index contributed by atoms with van der Waals surface area (Å²) in [6.45, 7) is 0.166. The number of amides is 2. The molecule has 2 amide bonds. The molecule has 4 fully saturated rings. The van der Waals surface area contributed by atoms with E-state index in [-0.39, 0.29) is 50.7 Å². The second-order valence-electron chi connectivity index (χ2n) is 14.0. The van der Waals surface area contributed by atoms with Crippen molar-refractivity contribution in [2.24, 2.45) is 5.41 Å². The van der Waals surface area contributed by atoms with E-state index in [9.17, 15) is 19.5 Å². The number of hydrogen-bond donors (Lipinski definition) is 4. The van der Waals surface area contributed by atoms with Gasteiger partial charge >= 0.3 is 5.97 Å². The number of hydrogen-bond acceptors (Lipinski definition) is 10. The number of nitrogens with one attached hydrogen (secondary N) is 2. The molecule has 1 saturated carbocycles. The van der Waals surface area contributed by atoms with Gasteiger partial charge in [0.2, 0.25) is 11.8 Å². The molecule has 266 valence electrons. The highest BCUT2D eigenvalue weighted by atomic mass is 16.8. The zero-order valence-corrected chi connectivity index (χ0v) is 28.0. The van der Waals surface area contributed by atoms with E-state index in [1.54, 1.807) is 17.2 Å². The fraction of sp³-hybridized carbons (Fsp3) is 0.410. The molecule has 0 aromatic heterocycles. The average Bonchev–Trinajstić information content (AvgIpc) is 3.80. The molecule has 3 aromatic rings. The summed E-state index contributed by atoms with van der Waals surface area (Å²) in [6, 6.07) is 22.0. The van der Waals surface area contributed by atoms with Gasteiger partial charge in [-0.2, -0.15) is 5.06 Å². The number of allylic oxidation sites excluding steroid dienone is 1. The minimum Gasteiger partial charge on any atom is -0.508 e. The standard InChI is InChI=1S/C39H41N3O9/c43-18-17-40-31(45)15-16-41-37(47)39-22-30-32-33(50-38(49-32)20-27-11-1-2-12-28(27)21-38)35(39)51-42(34(39)36(46)48-30)23-25-9-5-7-24(19-25)8-6-13-26-10-3-4-14-29(26)44/h1-12,14,19,30,32-35,43-44H,13,15-18,20-23H2,(H,40,45)(H,41,47). The summed E-state index contributed by atoms with van der Waals surface area (Å²) in [4.78, 5) is 47.3. The van der Waals surface area contributed by atoms with Crippen molar-refractivity contribution >= 4 is 23.9 Å². The van der Waals surface area contributed by atoms with E-state index in [2.05, 4.69) is 22.8 Å². The molecule has 6 atom stereocenters. The lowest BCUT2D eigenvalue weighted by Gasteiger charge is -2.48. The molecule has 5 aliphatic rings. The van der Waals surface area contributed by atoms with E-state index in [0.717, 1.165) is 27.8 Å². The van der Waals surface area contributed by atoms with Gasteiger partial charge in [-0.05, 0) is 40.3 Å². The number of nitrogens with zero attached hydrogens (tertiary/aromatic N) is 1. The van der Waals surface area contributed by atoms with Crippen molar-refractivity contribution in [3.8, 4) is 5.75 Å². The van der Waals surface area contributed by atoms with Gasteiger partial charge in [0.1, 0.15) is 35.6 Å². The number of phenolic OH excluding ortho intramolecular Hbond substituents is 1. The number of benzene rings is 3. The van der Waals surface area contributed by atoms with Gasteiger partial charge in [0.25, 0.3) is 0 Å². The van der Waals surface area contributed by atoms with E-state index in [4.69, 9.17) is 24.2 Å². The molecule has 2 bridgehead atoms. The number of carbonyl (C=O) groups excluding carboxylic acids is 3. The molecule has 6 unspecified atom stereocenters. The fourth-order valence-corrected chi connectivity index (χ4v) is 8.48. The van der Waals surface area contributed by atoms with Gasteiger partial charge < -0.3 is 35.1 Å². The maximum Gasteiger partial charge on any atom is 0.327 e. The number of para-hydroxylation sites is 1. The number of aliphatic hydroxyl groups excluding tert-OH is 1. The summed E-state index contributed by atoms with van der Waals surface area (Å²) >= 11 is 0. The molecule has 51 heavy (non-hydrogen) atoms. The Balaban J connectivity index is 1.06. The largest absolute Gasteiger partial charge is 0.508 e. The van der Waals surface area contributed by atoms with Crippen LogP contribution in [0, 0.1) is 5.41 Å². The molecule has 1 spiro atoms. The summed E-state index contributed by atoms with van der Waals surface area (Å²) in [5.41, 5.74) is 3.49. The van der Waals surface area contributed by atoms with Gasteiger partial charge in [0.15, 0.2) is 11.8 Å². The van der Waals surface area contributed by atoms with Gasteiger partial charge in [-0.3, -0.25) is 19.2 Å². The summed E-state index contributed by atoms with van der Waals surface area (Å²) in [5.74, 6) is -2.00. The summed E-state index contributed by atoms with van der Waals surface area (Å²) in [6.07, 6.45) is 2.85. The lowest BCUT2D eigenvalue weighted by atomic mass is 9.62. The van der Waals surface area contributed by atoms with E-state index in [1.165, 1.54) is 0 Å². The number of aliphatic hydroxyl groups is 1. The number of ether oxygens (including phenoxy) is 3. The van der Waals surface area contributed by atoms with Gasteiger partial charge in [0.05, 0.1) is 13.2 Å². The monoisotopic (exact) mass is 695 g/mol. The number of hydroxylamine groups is 2. The number of rotatable bonds is 11. The summed E-state index contributed by atoms with van der Waals surface area (Å²) in [5, 5.41) is 26.2. The Bertz CT molecular complexity index is 1840. The van der Waals surface area contributed by atoms with Crippen LogP contribution in [-0.2, 0) is 59.2 Å². The van der Waals surface area contributed by atoms with Crippen LogP contribution < -0.4 is 10.6 Å². The van der Waals surface area contributed by atoms with Crippen molar-refractivity contribution in [1.29, 1.82) is 0 Å². The third kappa shape index (κ3) is 6.10. The number of aromatic hydroxyl groups is 1. The normalized spacial score (nSPS) is 28.4. The summed E-state index contributed by atoms with van der Waals surface area (Å²) < 4.78 is 19.6. The minimum atomic E-state index is -1.36. The first kappa shape index (κ1) is 33.5. The molecule has 0 radical (unpaired) electrons. The molecular formula is C39H41N3O9. The molecule has 2 aliphatic carbocycles. The molecule has 3 saturated heterocycles. The smallest absolute Gasteiger partial charge is 0.327 e. The SMILES string of the molecule is O=C(CCNC(=O)C12CC3OC(=O)C1N(Cc1cccc(C=CCc4ccccc4O)c1)OC2C1OC2(Cc4ccccc4C2)OC31)NCCO. The van der Waals surface area contributed by atoms with Crippen LogP contribution in [0.25, 0.3) is 6.08 Å². The lowest BCUT2D eigenvalue weighted by molar-refractivity contribution is -0.217. The Morgan fingerprint density at radius 3 is 2.49 bits per heavy atom. The van der Waals surface area contributed by atoms with E-state index >= 15 is 0 Å². The Labute approximate surface area is 295 Å². The molecule has 12 nitrogen and oxygen atoms in total. The van der Waals surface area contributed by atoms with Gasteiger partial charge in [-0.15, -0.1) is 0 Å². The van der Waals surface area contributed by atoms with Crippen LogP contribution in [-0.4, -0.2) is 89.0 Å². The van der Waals surface area contributed by atoms with Crippen molar-refractivity contribution in [2.45, 2.75) is 74.9 Å². The van der Waals surface area contributed by atoms with E-state index in [0.29, 0.717) is 19.3 Å². The number of phenols is 1. The fourth-order valence-electron chi connectivity index (χ4n) is 8.48. The Kier molecular flexibility index (Phi) is 8.89.